The van der Waals surface area contributed by atoms with E-state index < -0.39 is 36.1 Å². The number of carbonyl (C=O) groups is 2. The molecule has 0 spiro atoms. The zero-order valence-electron chi connectivity index (χ0n) is 14.4. The van der Waals surface area contributed by atoms with Gasteiger partial charge in [0.2, 0.25) is 0 Å². The molecule has 3 aromatic rings. The number of esters is 1. The minimum atomic E-state index is -3.11. The number of hydrogen-bond acceptors (Lipinski definition) is 6. The van der Waals surface area contributed by atoms with Crippen LogP contribution in [0.2, 0.25) is 0 Å². The molecule has 0 unspecified atom stereocenters. The monoisotopic (exact) mass is 416 g/mol. The summed E-state index contributed by atoms with van der Waals surface area (Å²) in [5.41, 5.74) is -2.21. The van der Waals surface area contributed by atoms with Crippen LogP contribution in [0.15, 0.2) is 18.2 Å². The molecule has 0 atom stereocenters. The summed E-state index contributed by atoms with van der Waals surface area (Å²) in [6.45, 7) is 1.71. The second-order valence-corrected chi connectivity index (χ2v) is 6.81. The van der Waals surface area contributed by atoms with E-state index in [1.165, 1.54) is 13.2 Å². The van der Waals surface area contributed by atoms with Crippen molar-refractivity contribution < 1.29 is 31.9 Å². The Labute approximate surface area is 158 Å². The molecule has 3 aromatic heterocycles. The highest BCUT2D eigenvalue weighted by atomic mass is 32.1. The number of halogens is 4. The molecule has 1 N–H and O–H groups in total. The van der Waals surface area contributed by atoms with Crippen LogP contribution in [-0.2, 0) is 4.74 Å². The smallest absolute Gasteiger partial charge is 0.340 e. The highest BCUT2D eigenvalue weighted by Crippen LogP contribution is 2.29. The van der Waals surface area contributed by atoms with E-state index in [1.54, 1.807) is 6.92 Å². The molecule has 0 aliphatic heterocycles. The van der Waals surface area contributed by atoms with Crippen molar-refractivity contribution in [2.24, 2.45) is 0 Å². The summed E-state index contributed by atoms with van der Waals surface area (Å²) in [5.74, 6) is -1.49. The van der Waals surface area contributed by atoms with Crippen molar-refractivity contribution in [1.29, 1.82) is 0 Å². The maximum Gasteiger partial charge on any atom is 0.340 e. The molecule has 0 aliphatic rings. The number of aromatic nitrogens is 3. The molecular weight excluding hydrogens is 404 g/mol. The molecule has 7 nitrogen and oxygen atoms in total. The van der Waals surface area contributed by atoms with Crippen LogP contribution in [0.5, 0.6) is 0 Å². The molecule has 0 fully saturated rings. The Kier molecular flexibility index (Phi) is 5.31. The minimum absolute atomic E-state index is 0.119. The molecule has 28 heavy (non-hydrogen) atoms. The Hall–Kier alpha value is -3.02. The number of nitrogens with one attached hydrogen (secondary N) is 1. The predicted octanol–water partition coefficient (Wildman–Crippen LogP) is 4.01. The van der Waals surface area contributed by atoms with Gasteiger partial charge in [0.1, 0.15) is 16.4 Å². The van der Waals surface area contributed by atoms with Crippen LogP contribution in [0.1, 0.15) is 50.0 Å². The van der Waals surface area contributed by atoms with Gasteiger partial charge in [0, 0.05) is 10.9 Å². The molecule has 12 heteroatoms. The summed E-state index contributed by atoms with van der Waals surface area (Å²) in [6.07, 6.45) is -6.17. The van der Waals surface area contributed by atoms with Crippen molar-refractivity contribution in [3.05, 3.63) is 45.7 Å². The van der Waals surface area contributed by atoms with Crippen molar-refractivity contribution in [2.45, 2.75) is 19.8 Å². The van der Waals surface area contributed by atoms with Crippen LogP contribution >= 0.6 is 11.3 Å². The number of anilines is 1. The lowest BCUT2D eigenvalue weighted by atomic mass is 10.3. The zero-order chi connectivity index (χ0) is 20.6. The number of rotatable bonds is 5. The molecular formula is C16H12F4N4O3S. The highest BCUT2D eigenvalue weighted by molar-refractivity contribution is 7.16. The van der Waals surface area contributed by atoms with Crippen molar-refractivity contribution in [3.63, 3.8) is 0 Å². The van der Waals surface area contributed by atoms with Crippen molar-refractivity contribution >= 4 is 33.9 Å². The molecule has 3 heterocycles. The third-order valence-electron chi connectivity index (χ3n) is 3.64. The van der Waals surface area contributed by atoms with Gasteiger partial charge in [0.05, 0.1) is 12.7 Å². The predicted molar refractivity (Wildman–Crippen MR) is 91.2 cm³/mol. The lowest BCUT2D eigenvalue weighted by molar-refractivity contribution is 0.0602. The summed E-state index contributed by atoms with van der Waals surface area (Å²) >= 11 is 1.10. The highest BCUT2D eigenvalue weighted by Gasteiger charge is 2.23. The Morgan fingerprint density at radius 1 is 1.18 bits per heavy atom. The van der Waals surface area contributed by atoms with Gasteiger partial charge in [-0.25, -0.2) is 31.9 Å². The molecule has 0 saturated carbocycles. The number of hydrogen-bond donors (Lipinski definition) is 1. The number of alkyl halides is 4. The van der Waals surface area contributed by atoms with E-state index in [1.807, 2.05) is 0 Å². The summed E-state index contributed by atoms with van der Waals surface area (Å²) in [6, 6.07) is 3.06. The molecule has 1 amide bonds. The zero-order valence-corrected chi connectivity index (χ0v) is 15.2. The fourth-order valence-electron chi connectivity index (χ4n) is 2.43. The lowest BCUT2D eigenvalue weighted by Crippen LogP contribution is -2.14. The molecule has 0 saturated heterocycles. The van der Waals surface area contributed by atoms with Crippen LogP contribution in [-0.4, -0.2) is 33.6 Å². The van der Waals surface area contributed by atoms with Gasteiger partial charge in [-0.3, -0.25) is 4.79 Å². The molecule has 0 bridgehead atoms. The van der Waals surface area contributed by atoms with Crippen LogP contribution in [0, 0.1) is 6.92 Å². The average Bonchev–Trinajstić information content (AvgIpc) is 3.23. The number of ether oxygens (including phenoxy) is 1. The van der Waals surface area contributed by atoms with Crippen molar-refractivity contribution in [3.8, 4) is 0 Å². The number of thiophene rings is 1. The van der Waals surface area contributed by atoms with Gasteiger partial charge in [-0.2, -0.15) is 5.10 Å². The van der Waals surface area contributed by atoms with Crippen molar-refractivity contribution in [1.82, 2.24) is 14.6 Å². The third kappa shape index (κ3) is 3.67. The standard InChI is InChI=1S/C16H12F4N4O3S/c1-6-3-7(16(26)27-2)15(28-6)22-14(25)9-5-11-21-8(12(17)18)4-10(13(19)20)24(11)23-9/h3-5,12-13H,1-2H3,(H,22,25). The summed E-state index contributed by atoms with van der Waals surface area (Å²) in [5, 5.41) is 6.37. The normalized spacial score (nSPS) is 11.4. The number of nitrogens with zero attached hydrogens (tertiary/aromatic N) is 3. The van der Waals surface area contributed by atoms with E-state index in [4.69, 9.17) is 0 Å². The maximum absolute atomic E-state index is 13.2. The van der Waals surface area contributed by atoms with Gasteiger partial charge >= 0.3 is 5.97 Å². The van der Waals surface area contributed by atoms with Crippen LogP contribution < -0.4 is 5.32 Å². The van der Waals surface area contributed by atoms with E-state index in [0.29, 0.717) is 15.5 Å². The summed E-state index contributed by atoms with van der Waals surface area (Å²) < 4.78 is 57.4. The van der Waals surface area contributed by atoms with Gasteiger partial charge in [0.25, 0.3) is 18.8 Å². The van der Waals surface area contributed by atoms with Crippen molar-refractivity contribution in [2.75, 3.05) is 12.4 Å². The molecule has 148 valence electrons. The first-order chi connectivity index (χ1) is 13.2. The quantitative estimate of drug-likeness (QED) is 0.502. The largest absolute Gasteiger partial charge is 0.465 e. The summed E-state index contributed by atoms with van der Waals surface area (Å²) in [7, 11) is 1.18. The number of amides is 1. The molecule has 3 rings (SSSR count). The number of fused-ring (bicyclic) bond motifs is 1. The third-order valence-corrected chi connectivity index (χ3v) is 4.61. The number of aryl methyl sites for hydroxylation is 1. The lowest BCUT2D eigenvalue weighted by Gasteiger charge is -2.06. The minimum Gasteiger partial charge on any atom is -0.465 e. The Morgan fingerprint density at radius 2 is 1.89 bits per heavy atom. The average molecular weight is 416 g/mol. The fourth-order valence-corrected chi connectivity index (χ4v) is 3.33. The van der Waals surface area contributed by atoms with Gasteiger partial charge in [-0.15, -0.1) is 11.3 Å². The van der Waals surface area contributed by atoms with Gasteiger partial charge in [-0.1, -0.05) is 0 Å². The molecule has 0 radical (unpaired) electrons. The number of methoxy groups -OCH3 is 1. The first kappa shape index (κ1) is 19.7. The van der Waals surface area contributed by atoms with Gasteiger partial charge < -0.3 is 10.1 Å². The van der Waals surface area contributed by atoms with Crippen LogP contribution in [0.4, 0.5) is 22.6 Å². The van der Waals surface area contributed by atoms with Gasteiger partial charge in [0.15, 0.2) is 11.3 Å². The van der Waals surface area contributed by atoms with E-state index in [2.05, 4.69) is 20.1 Å². The summed E-state index contributed by atoms with van der Waals surface area (Å²) in [4.78, 5) is 28.5. The second kappa shape index (κ2) is 7.54. The van der Waals surface area contributed by atoms with E-state index in [0.717, 1.165) is 17.4 Å². The molecule has 0 aliphatic carbocycles. The van der Waals surface area contributed by atoms with Crippen LogP contribution in [0.3, 0.4) is 0 Å². The topological polar surface area (TPSA) is 85.6 Å². The van der Waals surface area contributed by atoms with Gasteiger partial charge in [-0.05, 0) is 19.1 Å². The molecule has 0 aromatic carbocycles. The second-order valence-electron chi connectivity index (χ2n) is 5.55. The van der Waals surface area contributed by atoms with Crippen LogP contribution in [0.25, 0.3) is 5.65 Å². The van der Waals surface area contributed by atoms with E-state index >= 15 is 0 Å². The first-order valence-corrected chi connectivity index (χ1v) is 8.50. The van der Waals surface area contributed by atoms with E-state index in [-0.39, 0.29) is 21.9 Å². The first-order valence-electron chi connectivity index (χ1n) is 7.68. The fraction of sp³-hybridized carbons (Fsp3) is 0.250. The maximum atomic E-state index is 13.2. The SMILES string of the molecule is COC(=O)c1cc(C)sc1NC(=O)c1cc2nc(C(F)F)cc(C(F)F)n2n1. The Morgan fingerprint density at radius 3 is 2.50 bits per heavy atom. The number of carbonyl (C=O) groups excluding carboxylic acids is 2. The Bertz CT molecular complexity index is 1060. The van der Waals surface area contributed by atoms with E-state index in [9.17, 15) is 27.2 Å². The Balaban J connectivity index is 1.99.